The molecular weight excluding hydrogens is 492 g/mol. The van der Waals surface area contributed by atoms with Gasteiger partial charge in [-0.05, 0) is 96.3 Å². The minimum Gasteiger partial charge on any atom is -0.461 e. The topological polar surface area (TPSA) is 121 Å². The molecule has 0 aromatic carbocycles. The van der Waals surface area contributed by atoms with E-state index in [0.717, 1.165) is 31.9 Å². The van der Waals surface area contributed by atoms with Crippen LogP contribution in [0.1, 0.15) is 79.6 Å². The van der Waals surface area contributed by atoms with E-state index in [-0.39, 0.29) is 24.9 Å². The molecule has 0 radical (unpaired) electrons. The van der Waals surface area contributed by atoms with Gasteiger partial charge in [0.05, 0.1) is 16.4 Å². The van der Waals surface area contributed by atoms with Crippen molar-refractivity contribution in [2.24, 2.45) is 29.6 Å². The zero-order chi connectivity index (χ0) is 26.1. The highest BCUT2D eigenvalue weighted by Gasteiger charge is 2.66. The predicted octanol–water partition coefficient (Wildman–Crippen LogP) is 3.08. The van der Waals surface area contributed by atoms with E-state index >= 15 is 0 Å². The van der Waals surface area contributed by atoms with E-state index in [1.165, 1.54) is 6.92 Å². The van der Waals surface area contributed by atoms with Gasteiger partial charge in [0.2, 0.25) is 0 Å². The van der Waals surface area contributed by atoms with Crippen molar-refractivity contribution in [1.82, 2.24) is 0 Å². The highest BCUT2D eigenvalue weighted by molar-refractivity contribution is 7.97. The lowest BCUT2D eigenvalue weighted by Gasteiger charge is -2.39. The van der Waals surface area contributed by atoms with Crippen molar-refractivity contribution >= 4 is 31.6 Å². The Labute approximate surface area is 209 Å². The Kier molecular flexibility index (Phi) is 6.69. The molecule has 0 amide bonds. The maximum absolute atomic E-state index is 14.1. The van der Waals surface area contributed by atoms with Gasteiger partial charge in [0.15, 0.2) is 24.4 Å². The maximum atomic E-state index is 14.1. The molecule has 0 aromatic rings. The summed E-state index contributed by atoms with van der Waals surface area (Å²) in [6, 6.07) is 0. The molecule has 200 valence electrons. The quantitative estimate of drug-likeness (QED) is 0.459. The number of sulfone groups is 2. The summed E-state index contributed by atoms with van der Waals surface area (Å²) in [5, 5.41) is -2.48. The first kappa shape index (κ1) is 26.9. The molecule has 4 aliphatic carbocycles. The van der Waals surface area contributed by atoms with Gasteiger partial charge in [-0.1, -0.05) is 6.92 Å². The second-order valence-corrected chi connectivity index (χ2v) is 17.3. The van der Waals surface area contributed by atoms with Crippen LogP contribution in [0.3, 0.4) is 0 Å². The highest BCUT2D eigenvalue weighted by atomic mass is 32.2. The van der Waals surface area contributed by atoms with E-state index in [9.17, 15) is 26.4 Å². The Morgan fingerprint density at radius 2 is 1.54 bits per heavy atom. The first-order valence-electron chi connectivity index (χ1n) is 12.9. The molecule has 4 bridgehead atoms. The second-order valence-electron chi connectivity index (χ2n) is 12.5. The third-order valence-electron chi connectivity index (χ3n) is 9.09. The molecule has 4 fully saturated rings. The van der Waals surface area contributed by atoms with Crippen molar-refractivity contribution in [2.75, 3.05) is 6.26 Å². The Morgan fingerprint density at radius 3 is 2.03 bits per heavy atom. The average Bonchev–Trinajstić information content (AvgIpc) is 3.50. The highest BCUT2D eigenvalue weighted by Crippen LogP contribution is 2.56. The van der Waals surface area contributed by atoms with Crippen LogP contribution in [0.5, 0.6) is 0 Å². The molecule has 9 atom stereocenters. The van der Waals surface area contributed by atoms with E-state index in [4.69, 9.17) is 9.47 Å². The number of rotatable bonds is 7. The zero-order valence-corrected chi connectivity index (χ0v) is 23.3. The lowest BCUT2D eigenvalue weighted by atomic mass is 9.88. The van der Waals surface area contributed by atoms with Crippen LogP contribution in [0.4, 0.5) is 0 Å². The fourth-order valence-corrected chi connectivity index (χ4v) is 12.5. The van der Waals surface area contributed by atoms with Gasteiger partial charge in [-0.3, -0.25) is 9.59 Å². The first-order valence-corrected chi connectivity index (χ1v) is 16.4. The Balaban J connectivity index is 1.62. The van der Waals surface area contributed by atoms with Gasteiger partial charge in [-0.2, -0.15) is 0 Å². The van der Waals surface area contributed by atoms with Crippen molar-refractivity contribution in [3.8, 4) is 0 Å². The number of fused-ring (bicyclic) bond motifs is 4. The molecule has 0 aliphatic heterocycles. The fraction of sp³-hybridized carbons (Fsp3) is 0.920. The fourth-order valence-electron chi connectivity index (χ4n) is 7.25. The van der Waals surface area contributed by atoms with Crippen LogP contribution in [0, 0.1) is 29.6 Å². The largest absolute Gasteiger partial charge is 0.461 e. The third kappa shape index (κ3) is 4.55. The van der Waals surface area contributed by atoms with E-state index in [1.54, 1.807) is 27.7 Å². The monoisotopic (exact) mass is 532 g/mol. The zero-order valence-electron chi connectivity index (χ0n) is 21.7. The molecule has 0 saturated heterocycles. The number of esters is 2. The molecule has 0 aromatic heterocycles. The van der Waals surface area contributed by atoms with Crippen LogP contribution in [0.2, 0.25) is 0 Å². The van der Waals surface area contributed by atoms with Crippen LogP contribution in [-0.2, 0) is 38.7 Å². The maximum Gasteiger partial charge on any atom is 0.327 e. The molecule has 0 spiro atoms. The van der Waals surface area contributed by atoms with Gasteiger partial charge >= 0.3 is 11.9 Å². The summed E-state index contributed by atoms with van der Waals surface area (Å²) >= 11 is 0. The van der Waals surface area contributed by atoms with Crippen LogP contribution in [0.25, 0.3) is 0 Å². The van der Waals surface area contributed by atoms with Gasteiger partial charge in [0.25, 0.3) is 0 Å². The molecule has 4 saturated carbocycles. The molecule has 10 heteroatoms. The van der Waals surface area contributed by atoms with Crippen molar-refractivity contribution in [1.29, 1.82) is 0 Å². The van der Waals surface area contributed by atoms with Gasteiger partial charge in [-0.15, -0.1) is 0 Å². The summed E-state index contributed by atoms with van der Waals surface area (Å²) in [7, 11) is -8.10. The minimum absolute atomic E-state index is 0.00511. The molecule has 8 nitrogen and oxygen atoms in total. The van der Waals surface area contributed by atoms with E-state index in [1.807, 2.05) is 0 Å². The minimum atomic E-state index is -4.26. The Morgan fingerprint density at radius 1 is 0.886 bits per heavy atom. The van der Waals surface area contributed by atoms with Gasteiger partial charge in [0.1, 0.15) is 11.7 Å². The number of ether oxygens (including phenoxy) is 2. The summed E-state index contributed by atoms with van der Waals surface area (Å²) in [6.07, 6.45) is 5.23. The summed E-state index contributed by atoms with van der Waals surface area (Å²) in [6.45, 7) is 8.25. The Bertz CT molecular complexity index is 1090. The van der Waals surface area contributed by atoms with Crippen molar-refractivity contribution in [2.45, 2.75) is 107 Å². The molecule has 0 heterocycles. The van der Waals surface area contributed by atoms with Gasteiger partial charge in [-0.25, -0.2) is 16.8 Å². The summed E-state index contributed by atoms with van der Waals surface area (Å²) in [5.74, 6) is -2.27. The Hall–Kier alpha value is -1.16. The number of hydrogen-bond acceptors (Lipinski definition) is 8. The van der Waals surface area contributed by atoms with Crippen LogP contribution < -0.4 is 0 Å². The van der Waals surface area contributed by atoms with E-state index < -0.39 is 70.2 Å². The van der Waals surface area contributed by atoms with E-state index in [2.05, 4.69) is 0 Å². The molecule has 4 rings (SSSR count). The number of carbonyl (C=O) groups is 2. The average molecular weight is 533 g/mol. The lowest BCUT2D eigenvalue weighted by Crippen LogP contribution is -2.57. The van der Waals surface area contributed by atoms with Gasteiger partial charge in [0, 0.05) is 6.26 Å². The van der Waals surface area contributed by atoms with E-state index in [0.29, 0.717) is 12.3 Å². The summed E-state index contributed by atoms with van der Waals surface area (Å²) in [4.78, 5) is 26.3. The standard InChI is InChI=1S/C25H40O8S2/c1-7-25(5,23(27)32-19-11-14-8-9-15(19)10-14)35(30,31)20-16-12-17(21(20)34(6,28)29)18(13-16)22(26)33-24(2,3)4/h14-21H,7-13H2,1-6H3. The molecule has 4 aliphatic rings. The summed E-state index contributed by atoms with van der Waals surface area (Å²) in [5.41, 5.74) is -0.727. The molecular formula is C25H40O8S2. The van der Waals surface area contributed by atoms with Crippen molar-refractivity contribution in [3.63, 3.8) is 0 Å². The SMILES string of the molecule is CCC(C)(C(=O)OC1CC2CCC1C2)S(=O)(=O)C1C2CC(C(=O)OC(C)(C)C)C(C2)C1S(C)(=O)=O. The first-order chi connectivity index (χ1) is 16.0. The van der Waals surface area contributed by atoms with Crippen LogP contribution in [0.15, 0.2) is 0 Å². The normalized spacial score (nSPS) is 38.3. The summed E-state index contributed by atoms with van der Waals surface area (Å²) < 4.78 is 63.7. The number of hydrogen-bond donors (Lipinski definition) is 0. The molecule has 35 heavy (non-hydrogen) atoms. The van der Waals surface area contributed by atoms with Gasteiger partial charge < -0.3 is 9.47 Å². The van der Waals surface area contributed by atoms with Crippen molar-refractivity contribution < 1.29 is 35.9 Å². The lowest BCUT2D eigenvalue weighted by molar-refractivity contribution is -0.162. The third-order valence-corrected chi connectivity index (χ3v) is 14.0. The molecule has 9 unspecified atom stereocenters. The van der Waals surface area contributed by atoms with Crippen LogP contribution in [-0.4, -0.2) is 62.0 Å². The van der Waals surface area contributed by atoms with Crippen molar-refractivity contribution in [3.05, 3.63) is 0 Å². The predicted molar refractivity (Wildman–Crippen MR) is 131 cm³/mol. The number of carbonyl (C=O) groups excluding carboxylic acids is 2. The molecule has 0 N–H and O–H groups in total. The second kappa shape index (κ2) is 8.71. The smallest absolute Gasteiger partial charge is 0.327 e. The van der Waals surface area contributed by atoms with Crippen LogP contribution >= 0.6 is 0 Å².